The van der Waals surface area contributed by atoms with Crippen LogP contribution in [0.2, 0.25) is 0 Å². The number of nitrogens with one attached hydrogen (secondary N) is 2. The minimum atomic E-state index is -0.910. The number of carbonyl (C=O) groups is 6. The molecule has 0 radical (unpaired) electrons. The minimum absolute atomic E-state index is 0.0596. The summed E-state index contributed by atoms with van der Waals surface area (Å²) in [5.74, 6) is 0.282. The highest BCUT2D eigenvalue weighted by atomic mass is 16.5. The number of hydrogen-bond acceptors (Lipinski definition) is 9. The number of amides is 3. The van der Waals surface area contributed by atoms with E-state index in [9.17, 15) is 33.9 Å². The summed E-state index contributed by atoms with van der Waals surface area (Å²) in [6.45, 7) is 2.42. The molecule has 0 unspecified atom stereocenters. The third-order valence-electron chi connectivity index (χ3n) is 14.3. The average Bonchev–Trinajstić information content (AvgIpc) is 4.21. The lowest BCUT2D eigenvalue weighted by Gasteiger charge is -2.28. The first-order valence-electron chi connectivity index (χ1n) is 24.0. The van der Waals surface area contributed by atoms with E-state index in [-0.39, 0.29) is 77.3 Å². The van der Waals surface area contributed by atoms with E-state index in [2.05, 4.69) is 10.6 Å². The molecule has 3 amide bonds. The molecule has 13 nitrogen and oxygen atoms in total. The quantitative estimate of drug-likeness (QED) is 0.103. The summed E-state index contributed by atoms with van der Waals surface area (Å²) in [6, 6.07) is 18.6. The molecule has 0 spiro atoms. The van der Waals surface area contributed by atoms with Crippen molar-refractivity contribution in [2.45, 2.75) is 89.9 Å². The monoisotopic (exact) mass is 911 g/mol. The van der Waals surface area contributed by atoms with Crippen molar-refractivity contribution in [1.82, 2.24) is 15.5 Å². The lowest BCUT2D eigenvalue weighted by Crippen LogP contribution is -2.41. The fraction of sp³-hybridized carbons (Fsp3) is 0.444. The van der Waals surface area contributed by atoms with Crippen LogP contribution in [0.5, 0.6) is 0 Å². The second kappa shape index (κ2) is 21.5. The van der Waals surface area contributed by atoms with Gasteiger partial charge in [-0.3, -0.25) is 24.0 Å². The zero-order chi connectivity index (χ0) is 47.0. The molecule has 4 aromatic rings. The van der Waals surface area contributed by atoms with Gasteiger partial charge in [0, 0.05) is 87.0 Å². The van der Waals surface area contributed by atoms with Crippen molar-refractivity contribution in [1.29, 1.82) is 0 Å². The maximum Gasteiger partial charge on any atom is 0.331 e. The first-order valence-corrected chi connectivity index (χ1v) is 24.0. The molecule has 2 saturated carbocycles. The summed E-state index contributed by atoms with van der Waals surface area (Å²) in [5, 5.41) is 14.7. The Bertz CT molecular complexity index is 2560. The number of carboxylic acid groups (broad SMARTS) is 1. The van der Waals surface area contributed by atoms with E-state index in [0.29, 0.717) is 56.2 Å². The predicted octanol–water partition coefficient (Wildman–Crippen LogP) is 8.75. The number of Topliss-reactive ketones (excluding diaryl/α,β-unsaturated/α-hetero) is 2. The van der Waals surface area contributed by atoms with Crippen LogP contribution >= 0.6 is 0 Å². The molecule has 3 fully saturated rings. The summed E-state index contributed by atoms with van der Waals surface area (Å²) in [6.07, 6.45) is 15.7. The Morgan fingerprint density at radius 1 is 0.612 bits per heavy atom. The minimum Gasteiger partial charge on any atom is -0.478 e. The number of morpholine rings is 1. The van der Waals surface area contributed by atoms with Gasteiger partial charge >= 0.3 is 5.97 Å². The number of ketones is 2. The molecule has 352 valence electrons. The average molecular weight is 912 g/mol. The smallest absolute Gasteiger partial charge is 0.331 e. The van der Waals surface area contributed by atoms with Gasteiger partial charge in [-0.1, -0.05) is 62.8 Å². The van der Waals surface area contributed by atoms with Crippen LogP contribution in [-0.2, 0) is 36.8 Å². The summed E-state index contributed by atoms with van der Waals surface area (Å²) in [5.41, 5.74) is 6.77. The van der Waals surface area contributed by atoms with E-state index < -0.39 is 5.97 Å². The fourth-order valence-corrected chi connectivity index (χ4v) is 10.5. The second-order valence-electron chi connectivity index (χ2n) is 18.5. The molecule has 2 atom stereocenters. The number of hydrogen-bond donors (Lipinski definition) is 3. The number of benzene rings is 2. The van der Waals surface area contributed by atoms with Gasteiger partial charge in [0.05, 0.1) is 13.2 Å². The Kier molecular flexibility index (Phi) is 15.2. The van der Waals surface area contributed by atoms with Crippen molar-refractivity contribution in [2.24, 2.45) is 23.7 Å². The molecule has 1 saturated heterocycles. The molecule has 2 aromatic heterocycles. The van der Waals surface area contributed by atoms with E-state index in [0.717, 1.165) is 90.3 Å². The molecular formula is C54H61N3O10. The molecular weight excluding hydrogens is 851 g/mol. The van der Waals surface area contributed by atoms with Crippen LogP contribution in [0.3, 0.4) is 0 Å². The first kappa shape index (κ1) is 47.2. The van der Waals surface area contributed by atoms with Crippen molar-refractivity contribution >= 4 is 47.4 Å². The Morgan fingerprint density at radius 3 is 1.51 bits per heavy atom. The standard InChI is InChI=1S/C29H34N2O5.C25H27NO5/c1-30-28(33)24(19-5-3-2-4-6-19)18-25(32)27-10-9-26(36-27)21-8-7-20-15-23(17-22(20)16-21)29(34)31-11-13-35-14-12-31;1-26-24(28)20(15-5-3-2-4-6-15)14-21(27)23-10-9-22(31-23)17-8-7-16-11-19(25(29)30)13-18(16)12-17/h7-10,15-16,19,24H,2-6,11-14,17-18H2,1H3,(H,30,33);7-12,15,20H,2-6,13-14H2,1H3,(H,26,28)(H,29,30)/t24-;20-/m00/s1. The zero-order valence-electron chi connectivity index (χ0n) is 38.5. The normalized spacial score (nSPS) is 18.0. The maximum atomic E-state index is 13.1. The number of aliphatic carboxylic acids is 1. The summed E-state index contributed by atoms with van der Waals surface area (Å²) >= 11 is 0. The molecule has 3 N–H and O–H groups in total. The first-order chi connectivity index (χ1) is 32.5. The molecule has 2 aromatic carbocycles. The molecule has 0 bridgehead atoms. The van der Waals surface area contributed by atoms with Gasteiger partial charge in [0.1, 0.15) is 11.5 Å². The van der Waals surface area contributed by atoms with Crippen LogP contribution in [0.25, 0.3) is 34.8 Å². The van der Waals surface area contributed by atoms with Crippen LogP contribution in [0, 0.1) is 23.7 Å². The van der Waals surface area contributed by atoms with Crippen LogP contribution in [0.15, 0.2) is 80.6 Å². The van der Waals surface area contributed by atoms with Crippen molar-refractivity contribution in [2.75, 3.05) is 40.4 Å². The van der Waals surface area contributed by atoms with Gasteiger partial charge in [0.25, 0.3) is 0 Å². The Morgan fingerprint density at radius 2 is 1.06 bits per heavy atom. The lowest BCUT2D eigenvalue weighted by atomic mass is 9.77. The van der Waals surface area contributed by atoms with Crippen molar-refractivity contribution in [3.05, 3.63) is 106 Å². The number of carboxylic acids is 1. The van der Waals surface area contributed by atoms with Gasteiger partial charge in [0.15, 0.2) is 23.1 Å². The number of carbonyl (C=O) groups excluding carboxylic acids is 5. The van der Waals surface area contributed by atoms with Gasteiger partial charge in [0.2, 0.25) is 17.7 Å². The number of nitrogens with zero attached hydrogens (tertiary/aromatic N) is 1. The van der Waals surface area contributed by atoms with Crippen molar-refractivity contribution < 1.29 is 47.4 Å². The van der Waals surface area contributed by atoms with Gasteiger partial charge in [-0.25, -0.2) is 4.79 Å². The van der Waals surface area contributed by atoms with E-state index in [1.807, 2.05) is 53.4 Å². The van der Waals surface area contributed by atoms with E-state index >= 15 is 0 Å². The van der Waals surface area contributed by atoms with Gasteiger partial charge in [-0.15, -0.1) is 0 Å². The van der Waals surface area contributed by atoms with E-state index in [1.54, 1.807) is 38.4 Å². The lowest BCUT2D eigenvalue weighted by molar-refractivity contribution is -0.133. The third kappa shape index (κ3) is 11.1. The molecule has 9 rings (SSSR count). The summed E-state index contributed by atoms with van der Waals surface area (Å²) in [4.78, 5) is 77.0. The van der Waals surface area contributed by atoms with Crippen molar-refractivity contribution in [3.8, 4) is 22.6 Å². The van der Waals surface area contributed by atoms with Crippen LogP contribution in [-0.4, -0.2) is 85.7 Å². The fourth-order valence-electron chi connectivity index (χ4n) is 10.5. The Labute approximate surface area is 391 Å². The second-order valence-corrected chi connectivity index (χ2v) is 18.5. The Balaban J connectivity index is 0.000000184. The molecule has 13 heteroatoms. The SMILES string of the molecule is CNC(=O)[C@@H](CC(=O)c1ccc(-c2ccc3c(c2)CC(C(=O)N2CCOCC2)=C3)o1)C1CCCCC1.CNC(=O)[C@@H](CC(=O)c1ccc(-c2ccc3c(c2)CC(C(=O)O)=C3)o1)C1CCCCC1. The van der Waals surface area contributed by atoms with Crippen LogP contribution in [0.4, 0.5) is 0 Å². The predicted molar refractivity (Wildman–Crippen MR) is 253 cm³/mol. The highest BCUT2D eigenvalue weighted by Gasteiger charge is 2.34. The van der Waals surface area contributed by atoms with Gasteiger partial charge in [-0.05, 0) is 108 Å². The number of furan rings is 2. The number of rotatable bonds is 14. The maximum absolute atomic E-state index is 13.1. The van der Waals surface area contributed by atoms with E-state index in [1.165, 1.54) is 12.8 Å². The van der Waals surface area contributed by atoms with Gasteiger partial charge < -0.3 is 34.2 Å². The summed E-state index contributed by atoms with van der Waals surface area (Å²) < 4.78 is 17.2. The number of fused-ring (bicyclic) bond motifs is 2. The molecule has 67 heavy (non-hydrogen) atoms. The molecule has 5 aliphatic rings. The highest BCUT2D eigenvalue weighted by molar-refractivity contribution is 6.01. The van der Waals surface area contributed by atoms with Crippen LogP contribution < -0.4 is 10.6 Å². The summed E-state index contributed by atoms with van der Waals surface area (Å²) in [7, 11) is 3.25. The van der Waals surface area contributed by atoms with Crippen LogP contribution in [0.1, 0.15) is 120 Å². The molecule has 4 aliphatic carbocycles. The Hall–Kier alpha value is -6.34. The van der Waals surface area contributed by atoms with Gasteiger partial charge in [-0.2, -0.15) is 0 Å². The zero-order valence-corrected chi connectivity index (χ0v) is 38.5. The highest BCUT2D eigenvalue weighted by Crippen LogP contribution is 2.37. The molecule has 3 heterocycles. The largest absolute Gasteiger partial charge is 0.478 e. The van der Waals surface area contributed by atoms with Crippen molar-refractivity contribution in [3.63, 3.8) is 0 Å². The third-order valence-corrected chi connectivity index (χ3v) is 14.3. The van der Waals surface area contributed by atoms with E-state index in [4.69, 9.17) is 13.6 Å². The topological polar surface area (TPSA) is 185 Å². The molecule has 1 aliphatic heterocycles. The number of ether oxygens (including phenoxy) is 1.